The zero-order chi connectivity index (χ0) is 13.3. The number of aliphatic hydroxyl groups is 1. The average Bonchev–Trinajstić information content (AvgIpc) is 2.84. The van der Waals surface area contributed by atoms with Crippen LogP contribution < -0.4 is 0 Å². The monoisotopic (exact) mass is 268 g/mol. The molecule has 5 atom stereocenters. The normalized spacial score (nSPS) is 40.3. The minimum absolute atomic E-state index is 0.0469. The van der Waals surface area contributed by atoms with Crippen LogP contribution in [0.25, 0.3) is 0 Å². The van der Waals surface area contributed by atoms with E-state index in [1.165, 1.54) is 25.3 Å². The summed E-state index contributed by atoms with van der Waals surface area (Å²) >= 11 is 0. The van der Waals surface area contributed by atoms with Crippen molar-refractivity contribution >= 4 is 0 Å². The Morgan fingerprint density at radius 1 is 1.00 bits per heavy atom. The summed E-state index contributed by atoms with van der Waals surface area (Å²) in [6.07, 6.45) is 2.65. The first-order valence-electron chi connectivity index (χ1n) is 6.91. The third-order valence-corrected chi connectivity index (χ3v) is 5.54. The second kappa shape index (κ2) is 3.75. The smallest absolute Gasteiger partial charge is 0.194 e. The van der Waals surface area contributed by atoms with E-state index < -0.39 is 23.6 Å². The Morgan fingerprint density at radius 2 is 1.63 bits per heavy atom. The molecule has 3 fully saturated rings. The van der Waals surface area contributed by atoms with Gasteiger partial charge in [-0.05, 0) is 54.9 Å². The fourth-order valence-electron chi connectivity index (χ4n) is 4.79. The summed E-state index contributed by atoms with van der Waals surface area (Å²) in [5.74, 6) is -1.61. The molecule has 0 amide bonds. The second-order valence-corrected chi connectivity index (χ2v) is 6.27. The summed E-state index contributed by atoms with van der Waals surface area (Å²) in [6, 6.07) is 2.07. The third-order valence-electron chi connectivity index (χ3n) is 5.54. The van der Waals surface area contributed by atoms with Crippen LogP contribution >= 0.6 is 0 Å². The van der Waals surface area contributed by atoms with E-state index in [1.54, 1.807) is 0 Å². The predicted octanol–water partition coefficient (Wildman–Crippen LogP) is 3.43. The van der Waals surface area contributed by atoms with E-state index >= 15 is 0 Å². The topological polar surface area (TPSA) is 20.2 Å². The molecule has 3 aliphatic rings. The molecule has 0 aromatic heterocycles. The minimum Gasteiger partial charge on any atom is -0.388 e. The molecule has 1 nitrogen and oxygen atoms in total. The van der Waals surface area contributed by atoms with Gasteiger partial charge in [0.2, 0.25) is 0 Å². The highest BCUT2D eigenvalue weighted by Gasteiger charge is 2.67. The number of benzene rings is 1. The SMILES string of the molecule is OC(c1ccc(F)c(F)c1F)C1C2C3CCC(C3)C21. The molecule has 19 heavy (non-hydrogen) atoms. The zero-order valence-corrected chi connectivity index (χ0v) is 10.3. The molecular formula is C15H15F3O. The molecule has 1 N–H and O–H groups in total. The molecule has 3 aliphatic carbocycles. The Labute approximate surface area is 109 Å². The molecule has 5 unspecified atom stereocenters. The van der Waals surface area contributed by atoms with Gasteiger partial charge in [-0.25, -0.2) is 13.2 Å². The van der Waals surface area contributed by atoms with E-state index in [4.69, 9.17) is 0 Å². The maximum absolute atomic E-state index is 13.7. The molecule has 102 valence electrons. The molecule has 2 bridgehead atoms. The van der Waals surface area contributed by atoms with Crippen LogP contribution in [0.15, 0.2) is 12.1 Å². The predicted molar refractivity (Wildman–Crippen MR) is 62.6 cm³/mol. The van der Waals surface area contributed by atoms with Gasteiger partial charge in [0.05, 0.1) is 6.10 Å². The van der Waals surface area contributed by atoms with Crippen molar-refractivity contribution in [1.82, 2.24) is 0 Å². The Balaban J connectivity index is 1.63. The van der Waals surface area contributed by atoms with Crippen LogP contribution in [0.1, 0.15) is 30.9 Å². The first-order chi connectivity index (χ1) is 9.09. The van der Waals surface area contributed by atoms with Gasteiger partial charge < -0.3 is 5.11 Å². The highest BCUT2D eigenvalue weighted by molar-refractivity contribution is 5.27. The lowest BCUT2D eigenvalue weighted by molar-refractivity contribution is 0.125. The molecular weight excluding hydrogens is 253 g/mol. The Hall–Kier alpha value is -1.03. The largest absolute Gasteiger partial charge is 0.388 e. The van der Waals surface area contributed by atoms with Crippen molar-refractivity contribution in [2.24, 2.45) is 29.6 Å². The molecule has 3 saturated carbocycles. The van der Waals surface area contributed by atoms with Gasteiger partial charge in [-0.2, -0.15) is 0 Å². The molecule has 4 rings (SSSR count). The standard InChI is InChI=1S/C15H15F3O/c16-9-4-3-8(13(17)14(9)18)15(19)12-10-6-1-2-7(5-6)11(10)12/h3-4,6-7,10-12,15,19H,1-2,5H2. The fraction of sp³-hybridized carbons (Fsp3) is 0.600. The summed E-state index contributed by atoms with van der Waals surface area (Å²) in [7, 11) is 0. The Bertz CT molecular complexity index is 528. The Kier molecular flexibility index (Phi) is 2.32. The molecule has 0 aliphatic heterocycles. The van der Waals surface area contributed by atoms with Gasteiger partial charge in [0, 0.05) is 5.56 Å². The van der Waals surface area contributed by atoms with Crippen molar-refractivity contribution in [2.45, 2.75) is 25.4 Å². The van der Waals surface area contributed by atoms with E-state index in [1.807, 2.05) is 0 Å². The quantitative estimate of drug-likeness (QED) is 0.815. The zero-order valence-electron chi connectivity index (χ0n) is 10.3. The molecule has 0 spiro atoms. The van der Waals surface area contributed by atoms with Crippen LogP contribution in [0.5, 0.6) is 0 Å². The molecule has 1 aromatic carbocycles. The van der Waals surface area contributed by atoms with Gasteiger partial charge in [-0.1, -0.05) is 6.07 Å². The first-order valence-corrected chi connectivity index (χ1v) is 6.91. The van der Waals surface area contributed by atoms with Gasteiger partial charge in [0.1, 0.15) is 0 Å². The summed E-state index contributed by atoms with van der Waals surface area (Å²) in [6.45, 7) is 0. The third kappa shape index (κ3) is 1.46. The highest BCUT2D eigenvalue weighted by atomic mass is 19.2. The van der Waals surface area contributed by atoms with Crippen molar-refractivity contribution in [2.75, 3.05) is 0 Å². The van der Waals surface area contributed by atoms with Gasteiger partial charge in [-0.3, -0.25) is 0 Å². The van der Waals surface area contributed by atoms with E-state index in [-0.39, 0.29) is 11.5 Å². The van der Waals surface area contributed by atoms with Gasteiger partial charge in [0.25, 0.3) is 0 Å². The number of halogens is 3. The van der Waals surface area contributed by atoms with Crippen LogP contribution in [0.4, 0.5) is 13.2 Å². The molecule has 0 radical (unpaired) electrons. The maximum atomic E-state index is 13.7. The number of aliphatic hydroxyl groups excluding tert-OH is 1. The second-order valence-electron chi connectivity index (χ2n) is 6.27. The van der Waals surface area contributed by atoms with Crippen molar-refractivity contribution < 1.29 is 18.3 Å². The number of rotatable bonds is 2. The maximum Gasteiger partial charge on any atom is 0.194 e. The van der Waals surface area contributed by atoms with Gasteiger partial charge in [0.15, 0.2) is 17.5 Å². The van der Waals surface area contributed by atoms with Crippen LogP contribution in [0, 0.1) is 47.0 Å². The first kappa shape index (κ1) is 11.8. The molecule has 0 saturated heterocycles. The van der Waals surface area contributed by atoms with Crippen molar-refractivity contribution in [1.29, 1.82) is 0 Å². The fourth-order valence-corrected chi connectivity index (χ4v) is 4.79. The van der Waals surface area contributed by atoms with Crippen LogP contribution in [-0.2, 0) is 0 Å². The van der Waals surface area contributed by atoms with E-state index in [9.17, 15) is 18.3 Å². The Morgan fingerprint density at radius 3 is 2.26 bits per heavy atom. The summed E-state index contributed by atoms with van der Waals surface area (Å²) in [5.41, 5.74) is -0.0855. The number of hydrogen-bond acceptors (Lipinski definition) is 1. The minimum atomic E-state index is -1.48. The van der Waals surface area contributed by atoms with Crippen LogP contribution in [0.2, 0.25) is 0 Å². The van der Waals surface area contributed by atoms with E-state index in [2.05, 4.69) is 0 Å². The lowest BCUT2D eigenvalue weighted by atomic mass is 9.94. The van der Waals surface area contributed by atoms with E-state index in [0.717, 1.165) is 6.07 Å². The van der Waals surface area contributed by atoms with Gasteiger partial charge in [-0.15, -0.1) is 0 Å². The van der Waals surface area contributed by atoms with Crippen molar-refractivity contribution in [3.63, 3.8) is 0 Å². The van der Waals surface area contributed by atoms with Crippen molar-refractivity contribution in [3.8, 4) is 0 Å². The lowest BCUT2D eigenvalue weighted by Crippen LogP contribution is -2.11. The summed E-state index contributed by atoms with van der Waals surface area (Å²) < 4.78 is 39.9. The summed E-state index contributed by atoms with van der Waals surface area (Å²) in [5, 5.41) is 10.3. The number of hydrogen-bond donors (Lipinski definition) is 1. The average molecular weight is 268 g/mol. The summed E-state index contributed by atoms with van der Waals surface area (Å²) in [4.78, 5) is 0. The lowest BCUT2D eigenvalue weighted by Gasteiger charge is -2.16. The molecule has 1 aromatic rings. The van der Waals surface area contributed by atoms with Crippen LogP contribution in [-0.4, -0.2) is 5.11 Å². The van der Waals surface area contributed by atoms with Gasteiger partial charge >= 0.3 is 0 Å². The van der Waals surface area contributed by atoms with Crippen molar-refractivity contribution in [3.05, 3.63) is 35.1 Å². The molecule has 4 heteroatoms. The highest BCUT2D eigenvalue weighted by Crippen LogP contribution is 2.72. The number of fused-ring (bicyclic) bond motifs is 5. The van der Waals surface area contributed by atoms with E-state index in [0.29, 0.717) is 23.7 Å². The molecule has 0 heterocycles. The van der Waals surface area contributed by atoms with Crippen LogP contribution in [0.3, 0.4) is 0 Å².